The zero-order chi connectivity index (χ0) is 18.8. The molecule has 0 aliphatic carbocycles. The van der Waals surface area contributed by atoms with Crippen molar-refractivity contribution < 1.29 is 19.1 Å². The molecule has 0 heterocycles. The Bertz CT molecular complexity index is 789. The van der Waals surface area contributed by atoms with Gasteiger partial charge < -0.3 is 14.8 Å². The van der Waals surface area contributed by atoms with Crippen LogP contribution in [-0.2, 0) is 14.3 Å². The van der Waals surface area contributed by atoms with Crippen molar-refractivity contribution in [2.24, 2.45) is 0 Å². The molecule has 136 valence electrons. The monoisotopic (exact) mass is 371 g/mol. The number of hydrogen-bond donors (Lipinski definition) is 1. The number of thioether (sulfide) groups is 1. The van der Waals surface area contributed by atoms with Crippen LogP contribution in [0.15, 0.2) is 59.5 Å². The van der Waals surface area contributed by atoms with Crippen LogP contribution in [0.5, 0.6) is 5.75 Å². The van der Waals surface area contributed by atoms with Gasteiger partial charge in [-0.3, -0.25) is 4.79 Å². The van der Waals surface area contributed by atoms with E-state index in [9.17, 15) is 9.59 Å². The van der Waals surface area contributed by atoms with Gasteiger partial charge in [-0.15, -0.1) is 11.8 Å². The van der Waals surface area contributed by atoms with Crippen molar-refractivity contribution in [2.75, 3.05) is 24.8 Å². The fourth-order valence-electron chi connectivity index (χ4n) is 2.18. The van der Waals surface area contributed by atoms with Crippen molar-refractivity contribution in [2.45, 2.75) is 11.8 Å². The number of hydrogen-bond acceptors (Lipinski definition) is 5. The number of carbonyl (C=O) groups is 2. The smallest absolute Gasteiger partial charge is 0.331 e. The summed E-state index contributed by atoms with van der Waals surface area (Å²) in [6, 6.07) is 14.8. The number of amides is 1. The van der Waals surface area contributed by atoms with Gasteiger partial charge in [0.15, 0.2) is 6.61 Å². The second-order valence-corrected chi connectivity index (χ2v) is 6.01. The topological polar surface area (TPSA) is 64.6 Å². The number of carbonyl (C=O) groups excluding carboxylic acids is 2. The minimum absolute atomic E-state index is 0.348. The highest BCUT2D eigenvalue weighted by molar-refractivity contribution is 7.98. The van der Waals surface area contributed by atoms with E-state index < -0.39 is 5.97 Å². The first-order valence-corrected chi connectivity index (χ1v) is 9.36. The molecule has 0 aromatic heterocycles. The van der Waals surface area contributed by atoms with Crippen molar-refractivity contribution in [3.8, 4) is 5.75 Å². The normalized spacial score (nSPS) is 10.5. The Morgan fingerprint density at radius 1 is 1.12 bits per heavy atom. The highest BCUT2D eigenvalue weighted by Gasteiger charge is 2.08. The summed E-state index contributed by atoms with van der Waals surface area (Å²) in [6.07, 6.45) is 4.81. The Hall–Kier alpha value is -2.73. The van der Waals surface area contributed by atoms with Crippen LogP contribution < -0.4 is 10.1 Å². The number of para-hydroxylation sites is 2. The maximum absolute atomic E-state index is 12.0. The number of esters is 1. The summed E-state index contributed by atoms with van der Waals surface area (Å²) in [4.78, 5) is 24.7. The number of nitrogens with one attached hydrogen (secondary N) is 1. The molecule has 0 saturated carbocycles. The molecule has 0 radical (unpaired) electrons. The molecule has 26 heavy (non-hydrogen) atoms. The second kappa shape index (κ2) is 10.3. The van der Waals surface area contributed by atoms with Gasteiger partial charge in [-0.25, -0.2) is 4.79 Å². The van der Waals surface area contributed by atoms with E-state index >= 15 is 0 Å². The van der Waals surface area contributed by atoms with Crippen molar-refractivity contribution in [1.29, 1.82) is 0 Å². The summed E-state index contributed by atoms with van der Waals surface area (Å²) in [5.74, 6) is -0.293. The van der Waals surface area contributed by atoms with Crippen LogP contribution >= 0.6 is 11.8 Å². The predicted octanol–water partition coefficient (Wildman–Crippen LogP) is 4.00. The zero-order valence-corrected chi connectivity index (χ0v) is 15.5. The van der Waals surface area contributed by atoms with E-state index in [1.165, 1.54) is 17.8 Å². The van der Waals surface area contributed by atoms with Gasteiger partial charge in [0, 0.05) is 16.5 Å². The quantitative estimate of drug-likeness (QED) is 0.432. The maximum atomic E-state index is 12.0. The molecule has 2 aromatic rings. The van der Waals surface area contributed by atoms with Gasteiger partial charge in [-0.1, -0.05) is 30.3 Å². The van der Waals surface area contributed by atoms with Gasteiger partial charge >= 0.3 is 5.97 Å². The summed E-state index contributed by atoms with van der Waals surface area (Å²) in [7, 11) is 0. The molecule has 1 N–H and O–H groups in total. The first kappa shape index (κ1) is 19.6. The summed E-state index contributed by atoms with van der Waals surface area (Å²) in [6.45, 7) is 2.08. The second-order valence-electron chi connectivity index (χ2n) is 5.16. The van der Waals surface area contributed by atoms with Crippen molar-refractivity contribution in [3.05, 3.63) is 60.2 Å². The van der Waals surface area contributed by atoms with E-state index in [1.807, 2.05) is 55.6 Å². The van der Waals surface area contributed by atoms with E-state index in [-0.39, 0.29) is 12.5 Å². The largest absolute Gasteiger partial charge is 0.493 e. The van der Waals surface area contributed by atoms with E-state index in [4.69, 9.17) is 9.47 Å². The Balaban J connectivity index is 1.87. The third-order valence-electron chi connectivity index (χ3n) is 3.34. The lowest BCUT2D eigenvalue weighted by Gasteiger charge is -2.09. The highest BCUT2D eigenvalue weighted by atomic mass is 32.2. The third-order valence-corrected chi connectivity index (χ3v) is 4.14. The molecule has 6 heteroatoms. The summed E-state index contributed by atoms with van der Waals surface area (Å²) < 4.78 is 10.5. The molecule has 0 aliphatic rings. The van der Waals surface area contributed by atoms with Gasteiger partial charge in [-0.2, -0.15) is 0 Å². The van der Waals surface area contributed by atoms with Gasteiger partial charge in [0.05, 0.1) is 12.3 Å². The minimum Gasteiger partial charge on any atom is -0.493 e. The molecule has 5 nitrogen and oxygen atoms in total. The predicted molar refractivity (Wildman–Crippen MR) is 104 cm³/mol. The molecular formula is C20H21NO4S. The Labute approximate surface area is 157 Å². The van der Waals surface area contributed by atoms with Crippen LogP contribution in [0, 0.1) is 0 Å². The Kier molecular flexibility index (Phi) is 7.76. The van der Waals surface area contributed by atoms with Crippen LogP contribution in [-0.4, -0.2) is 31.3 Å². The lowest BCUT2D eigenvalue weighted by Crippen LogP contribution is -2.20. The van der Waals surface area contributed by atoms with Crippen molar-refractivity contribution >= 4 is 35.4 Å². The summed E-state index contributed by atoms with van der Waals surface area (Å²) in [5.41, 5.74) is 1.46. The number of ether oxygens (including phenoxy) is 2. The number of anilines is 1. The van der Waals surface area contributed by atoms with E-state index in [0.29, 0.717) is 18.0 Å². The average molecular weight is 371 g/mol. The van der Waals surface area contributed by atoms with E-state index in [2.05, 4.69) is 5.32 Å². The van der Waals surface area contributed by atoms with Gasteiger partial charge in [-0.05, 0) is 37.5 Å². The maximum Gasteiger partial charge on any atom is 0.331 e. The molecule has 0 fully saturated rings. The molecule has 0 saturated heterocycles. The average Bonchev–Trinajstić information content (AvgIpc) is 2.66. The standard InChI is InChI=1S/C20H21NO4S/c1-3-24-17-10-6-4-8-15(17)12-13-20(23)25-14-19(22)21-16-9-5-7-11-18(16)26-2/h4-13H,3,14H2,1-2H3,(H,21,22)/b13-12+. The SMILES string of the molecule is CCOc1ccccc1/C=C/C(=O)OCC(=O)Nc1ccccc1SC. The van der Waals surface area contributed by atoms with Crippen LogP contribution in [0.3, 0.4) is 0 Å². The van der Waals surface area contributed by atoms with Gasteiger partial charge in [0.25, 0.3) is 5.91 Å². The van der Waals surface area contributed by atoms with Crippen LogP contribution in [0.4, 0.5) is 5.69 Å². The molecule has 2 aromatic carbocycles. The Morgan fingerprint density at radius 3 is 2.62 bits per heavy atom. The minimum atomic E-state index is -0.593. The Morgan fingerprint density at radius 2 is 1.85 bits per heavy atom. The zero-order valence-electron chi connectivity index (χ0n) is 14.7. The molecule has 2 rings (SSSR count). The molecule has 0 unspecified atom stereocenters. The molecule has 0 spiro atoms. The highest BCUT2D eigenvalue weighted by Crippen LogP contribution is 2.24. The molecular weight excluding hydrogens is 350 g/mol. The van der Waals surface area contributed by atoms with Gasteiger partial charge in [0.2, 0.25) is 0 Å². The van der Waals surface area contributed by atoms with Crippen LogP contribution in [0.2, 0.25) is 0 Å². The van der Waals surface area contributed by atoms with E-state index in [0.717, 1.165) is 10.5 Å². The summed E-state index contributed by atoms with van der Waals surface area (Å²) >= 11 is 1.53. The van der Waals surface area contributed by atoms with Crippen molar-refractivity contribution in [3.63, 3.8) is 0 Å². The lowest BCUT2D eigenvalue weighted by molar-refractivity contribution is -0.142. The number of benzene rings is 2. The lowest BCUT2D eigenvalue weighted by atomic mass is 10.2. The van der Waals surface area contributed by atoms with Gasteiger partial charge in [0.1, 0.15) is 5.75 Å². The summed E-state index contributed by atoms with van der Waals surface area (Å²) in [5, 5.41) is 2.74. The first-order valence-electron chi connectivity index (χ1n) is 8.13. The van der Waals surface area contributed by atoms with Crippen molar-refractivity contribution in [1.82, 2.24) is 0 Å². The number of rotatable bonds is 8. The fourth-order valence-corrected chi connectivity index (χ4v) is 2.74. The fraction of sp³-hybridized carbons (Fsp3) is 0.200. The van der Waals surface area contributed by atoms with Crippen LogP contribution in [0.25, 0.3) is 6.08 Å². The van der Waals surface area contributed by atoms with Crippen LogP contribution in [0.1, 0.15) is 12.5 Å². The molecule has 0 bridgehead atoms. The third kappa shape index (κ3) is 5.97. The molecule has 0 aliphatic heterocycles. The molecule has 1 amide bonds. The molecule has 0 atom stereocenters. The first-order chi connectivity index (χ1) is 12.6. The van der Waals surface area contributed by atoms with E-state index in [1.54, 1.807) is 12.1 Å².